The topological polar surface area (TPSA) is 110 Å². The third kappa shape index (κ3) is 4.06. The second-order valence-corrected chi connectivity index (χ2v) is 6.69. The third-order valence-corrected chi connectivity index (χ3v) is 4.67. The number of piperidine rings is 1. The molecule has 3 aromatic rings. The van der Waals surface area contributed by atoms with Gasteiger partial charge in [0.2, 0.25) is 5.95 Å². The highest BCUT2D eigenvalue weighted by molar-refractivity contribution is 5.94. The standard InChI is InChI=1S/C20H21N7O/c21-17-8-11-22-18(26-17)14-4-6-15(7-5-14)19(28)25-16-3-1-12-27(13-16)20-23-9-2-10-24-20/h2,4-11,16H,1,3,12-13H2,(H,25,28)(H2,21,22,26). The summed E-state index contributed by atoms with van der Waals surface area (Å²) in [4.78, 5) is 31.8. The van der Waals surface area contributed by atoms with E-state index in [9.17, 15) is 4.79 Å². The van der Waals surface area contributed by atoms with Crippen LogP contribution >= 0.6 is 0 Å². The SMILES string of the molecule is Nc1ccnc(-c2ccc(C(=O)NC3CCCN(c4ncccn4)C3)cc2)n1. The van der Waals surface area contributed by atoms with E-state index in [0.29, 0.717) is 29.7 Å². The maximum absolute atomic E-state index is 12.6. The van der Waals surface area contributed by atoms with Crippen molar-refractivity contribution in [2.45, 2.75) is 18.9 Å². The Labute approximate surface area is 162 Å². The lowest BCUT2D eigenvalue weighted by Crippen LogP contribution is -2.48. The van der Waals surface area contributed by atoms with Gasteiger partial charge in [-0.2, -0.15) is 0 Å². The molecule has 0 bridgehead atoms. The molecular formula is C20H21N7O. The number of nitrogens with zero attached hydrogens (tertiary/aromatic N) is 5. The van der Waals surface area contributed by atoms with Gasteiger partial charge in [-0.25, -0.2) is 19.9 Å². The molecule has 1 amide bonds. The first kappa shape index (κ1) is 17.8. The summed E-state index contributed by atoms with van der Waals surface area (Å²) in [5.41, 5.74) is 7.12. The van der Waals surface area contributed by atoms with Crippen LogP contribution in [0.2, 0.25) is 0 Å². The van der Waals surface area contributed by atoms with Crippen LogP contribution < -0.4 is 16.0 Å². The van der Waals surface area contributed by atoms with Crippen molar-refractivity contribution < 1.29 is 4.79 Å². The molecule has 28 heavy (non-hydrogen) atoms. The minimum Gasteiger partial charge on any atom is -0.384 e. The van der Waals surface area contributed by atoms with E-state index >= 15 is 0 Å². The Kier molecular flexibility index (Phi) is 5.09. The second-order valence-electron chi connectivity index (χ2n) is 6.69. The smallest absolute Gasteiger partial charge is 0.251 e. The Hall–Kier alpha value is -3.55. The number of amides is 1. The zero-order valence-electron chi connectivity index (χ0n) is 15.3. The van der Waals surface area contributed by atoms with Crippen molar-refractivity contribution in [3.05, 3.63) is 60.6 Å². The normalized spacial score (nSPS) is 16.6. The fourth-order valence-electron chi connectivity index (χ4n) is 3.28. The van der Waals surface area contributed by atoms with Crippen LogP contribution in [-0.4, -0.2) is 45.0 Å². The molecule has 1 aliphatic rings. The zero-order valence-corrected chi connectivity index (χ0v) is 15.3. The Morgan fingerprint density at radius 3 is 2.61 bits per heavy atom. The molecule has 1 aromatic carbocycles. The van der Waals surface area contributed by atoms with E-state index in [-0.39, 0.29) is 11.9 Å². The van der Waals surface area contributed by atoms with E-state index in [0.717, 1.165) is 24.9 Å². The summed E-state index contributed by atoms with van der Waals surface area (Å²) in [7, 11) is 0. The van der Waals surface area contributed by atoms with Gasteiger partial charge in [-0.3, -0.25) is 4.79 Å². The van der Waals surface area contributed by atoms with Gasteiger partial charge in [0.1, 0.15) is 5.82 Å². The number of nitrogens with two attached hydrogens (primary N) is 1. The molecule has 2 aromatic heterocycles. The molecule has 1 saturated heterocycles. The molecule has 0 spiro atoms. The lowest BCUT2D eigenvalue weighted by atomic mass is 10.0. The zero-order chi connectivity index (χ0) is 19.3. The maximum atomic E-state index is 12.6. The molecule has 1 unspecified atom stereocenters. The third-order valence-electron chi connectivity index (χ3n) is 4.67. The van der Waals surface area contributed by atoms with Crippen LogP contribution in [0, 0.1) is 0 Å². The number of carbonyl (C=O) groups excluding carboxylic acids is 1. The van der Waals surface area contributed by atoms with E-state index in [1.807, 2.05) is 12.1 Å². The first-order valence-corrected chi connectivity index (χ1v) is 9.21. The van der Waals surface area contributed by atoms with Gasteiger partial charge >= 0.3 is 0 Å². The van der Waals surface area contributed by atoms with E-state index in [1.165, 1.54) is 0 Å². The van der Waals surface area contributed by atoms with Crippen LogP contribution in [0.25, 0.3) is 11.4 Å². The number of rotatable bonds is 4. The first-order valence-electron chi connectivity index (χ1n) is 9.21. The molecule has 0 saturated carbocycles. The van der Waals surface area contributed by atoms with Crippen molar-refractivity contribution in [1.29, 1.82) is 0 Å². The van der Waals surface area contributed by atoms with Crippen molar-refractivity contribution in [2.24, 2.45) is 0 Å². The Morgan fingerprint density at radius 1 is 1.07 bits per heavy atom. The molecule has 0 radical (unpaired) electrons. The average Bonchev–Trinajstić information content (AvgIpc) is 2.75. The second kappa shape index (κ2) is 7.99. The van der Waals surface area contributed by atoms with Crippen LogP contribution in [0.3, 0.4) is 0 Å². The van der Waals surface area contributed by atoms with Gasteiger partial charge in [-0.15, -0.1) is 0 Å². The summed E-state index contributed by atoms with van der Waals surface area (Å²) >= 11 is 0. The highest BCUT2D eigenvalue weighted by Gasteiger charge is 2.23. The van der Waals surface area contributed by atoms with Crippen LogP contribution in [0.4, 0.5) is 11.8 Å². The van der Waals surface area contributed by atoms with Gasteiger partial charge in [0.15, 0.2) is 5.82 Å². The van der Waals surface area contributed by atoms with E-state index in [4.69, 9.17) is 5.73 Å². The number of hydrogen-bond acceptors (Lipinski definition) is 7. The van der Waals surface area contributed by atoms with Crippen molar-refractivity contribution in [3.8, 4) is 11.4 Å². The van der Waals surface area contributed by atoms with Gasteiger partial charge in [0, 0.05) is 48.8 Å². The molecule has 1 atom stereocenters. The van der Waals surface area contributed by atoms with E-state index < -0.39 is 0 Å². The Balaban J connectivity index is 1.40. The number of nitrogens with one attached hydrogen (secondary N) is 1. The molecule has 8 heteroatoms. The van der Waals surface area contributed by atoms with Gasteiger partial charge < -0.3 is 16.0 Å². The molecule has 0 aliphatic carbocycles. The Morgan fingerprint density at radius 2 is 1.86 bits per heavy atom. The Bertz CT molecular complexity index is 946. The molecule has 3 heterocycles. The largest absolute Gasteiger partial charge is 0.384 e. The van der Waals surface area contributed by atoms with Crippen LogP contribution in [0.5, 0.6) is 0 Å². The first-order chi connectivity index (χ1) is 13.7. The molecule has 3 N–H and O–H groups in total. The van der Waals surface area contributed by atoms with Gasteiger partial charge in [-0.1, -0.05) is 12.1 Å². The van der Waals surface area contributed by atoms with E-state index in [2.05, 4.69) is 30.2 Å². The summed E-state index contributed by atoms with van der Waals surface area (Å²) in [6, 6.07) is 10.7. The number of benzene rings is 1. The fraction of sp³-hybridized carbons (Fsp3) is 0.250. The van der Waals surface area contributed by atoms with Gasteiger partial charge in [0.25, 0.3) is 5.91 Å². The predicted octanol–water partition coefficient (Wildman–Crippen LogP) is 1.91. The average molecular weight is 375 g/mol. The summed E-state index contributed by atoms with van der Waals surface area (Å²) in [5, 5.41) is 3.12. The fourth-order valence-corrected chi connectivity index (χ4v) is 3.28. The number of aromatic nitrogens is 4. The highest BCUT2D eigenvalue weighted by atomic mass is 16.1. The lowest BCUT2D eigenvalue weighted by molar-refractivity contribution is 0.0933. The van der Waals surface area contributed by atoms with Crippen molar-refractivity contribution >= 4 is 17.7 Å². The van der Waals surface area contributed by atoms with Gasteiger partial charge in [0.05, 0.1) is 0 Å². The molecule has 1 fully saturated rings. The number of anilines is 2. The quantitative estimate of drug-likeness (QED) is 0.717. The van der Waals surface area contributed by atoms with Crippen LogP contribution in [-0.2, 0) is 0 Å². The summed E-state index contributed by atoms with van der Waals surface area (Å²) in [5.74, 6) is 1.56. The molecule has 8 nitrogen and oxygen atoms in total. The minimum atomic E-state index is -0.0964. The monoisotopic (exact) mass is 375 g/mol. The molecule has 4 rings (SSSR count). The van der Waals surface area contributed by atoms with E-state index in [1.54, 1.807) is 42.9 Å². The number of nitrogen functional groups attached to an aromatic ring is 1. The highest BCUT2D eigenvalue weighted by Crippen LogP contribution is 2.18. The van der Waals surface area contributed by atoms with Gasteiger partial charge in [-0.05, 0) is 37.1 Å². The number of hydrogen-bond donors (Lipinski definition) is 2. The number of carbonyl (C=O) groups is 1. The summed E-state index contributed by atoms with van der Waals surface area (Å²) in [6.45, 7) is 1.59. The minimum absolute atomic E-state index is 0.0574. The van der Waals surface area contributed by atoms with Crippen molar-refractivity contribution in [2.75, 3.05) is 23.7 Å². The lowest BCUT2D eigenvalue weighted by Gasteiger charge is -2.33. The molecule has 142 valence electrons. The predicted molar refractivity (Wildman–Crippen MR) is 107 cm³/mol. The van der Waals surface area contributed by atoms with Crippen molar-refractivity contribution in [1.82, 2.24) is 25.3 Å². The molecule has 1 aliphatic heterocycles. The van der Waals surface area contributed by atoms with Crippen LogP contribution in [0.15, 0.2) is 55.0 Å². The summed E-state index contributed by atoms with van der Waals surface area (Å²) < 4.78 is 0. The summed E-state index contributed by atoms with van der Waals surface area (Å²) in [6.07, 6.45) is 7.00. The van der Waals surface area contributed by atoms with Crippen molar-refractivity contribution in [3.63, 3.8) is 0 Å². The van der Waals surface area contributed by atoms with Crippen LogP contribution in [0.1, 0.15) is 23.2 Å². The maximum Gasteiger partial charge on any atom is 0.251 e. The molecular weight excluding hydrogens is 354 g/mol.